The van der Waals surface area contributed by atoms with E-state index in [1.807, 2.05) is 0 Å². The Morgan fingerprint density at radius 1 is 1.29 bits per heavy atom. The number of hydrogen-bond acceptors (Lipinski definition) is 3. The number of hydrogen-bond donors (Lipinski definition) is 1. The van der Waals surface area contributed by atoms with Crippen LogP contribution in [0.4, 0.5) is 0 Å². The van der Waals surface area contributed by atoms with E-state index in [4.69, 9.17) is 0 Å². The van der Waals surface area contributed by atoms with Crippen LogP contribution in [-0.4, -0.2) is 33.0 Å². The van der Waals surface area contributed by atoms with Crippen molar-refractivity contribution in [2.24, 2.45) is 5.92 Å². The Kier molecular flexibility index (Phi) is 6.26. The van der Waals surface area contributed by atoms with Gasteiger partial charge in [-0.25, -0.2) is 8.42 Å². The van der Waals surface area contributed by atoms with Crippen LogP contribution in [0.15, 0.2) is 28.7 Å². The summed E-state index contributed by atoms with van der Waals surface area (Å²) in [6.07, 6.45) is 6.62. The standard InChI is InChI=1S/C16H24BrNO2S/c1-21(19,20)10-2-3-14(12-18-16-8-9-16)11-13-4-6-15(17)7-5-13/h4-7,14,16,18H,2-3,8-12H2,1H3. The highest BCUT2D eigenvalue weighted by Gasteiger charge is 2.22. The smallest absolute Gasteiger partial charge is 0.147 e. The highest BCUT2D eigenvalue weighted by molar-refractivity contribution is 9.10. The van der Waals surface area contributed by atoms with Crippen molar-refractivity contribution >= 4 is 25.8 Å². The third kappa shape index (κ3) is 7.43. The third-order valence-electron chi connectivity index (χ3n) is 3.84. The van der Waals surface area contributed by atoms with Crippen LogP contribution in [0.1, 0.15) is 31.2 Å². The molecule has 0 spiro atoms. The minimum atomic E-state index is -2.84. The maximum atomic E-state index is 11.3. The second-order valence-corrected chi connectivity index (χ2v) is 9.33. The third-order valence-corrected chi connectivity index (χ3v) is 5.40. The molecule has 1 unspecified atom stereocenters. The zero-order valence-corrected chi connectivity index (χ0v) is 14.9. The predicted molar refractivity (Wildman–Crippen MR) is 91.3 cm³/mol. The van der Waals surface area contributed by atoms with Gasteiger partial charge in [0, 0.05) is 22.5 Å². The highest BCUT2D eigenvalue weighted by atomic mass is 79.9. The lowest BCUT2D eigenvalue weighted by Gasteiger charge is -2.17. The Hall–Kier alpha value is -0.390. The lowest BCUT2D eigenvalue weighted by atomic mass is 9.95. The van der Waals surface area contributed by atoms with Gasteiger partial charge in [0.2, 0.25) is 0 Å². The van der Waals surface area contributed by atoms with Gasteiger partial charge < -0.3 is 5.32 Å². The number of halogens is 1. The molecule has 1 aliphatic carbocycles. The van der Waals surface area contributed by atoms with Crippen molar-refractivity contribution in [3.63, 3.8) is 0 Å². The van der Waals surface area contributed by atoms with Crippen molar-refractivity contribution < 1.29 is 8.42 Å². The largest absolute Gasteiger partial charge is 0.314 e. The highest BCUT2D eigenvalue weighted by Crippen LogP contribution is 2.21. The first-order chi connectivity index (χ1) is 9.92. The summed E-state index contributed by atoms with van der Waals surface area (Å²) in [7, 11) is -2.84. The van der Waals surface area contributed by atoms with E-state index in [0.29, 0.717) is 17.7 Å². The van der Waals surface area contributed by atoms with Crippen molar-refractivity contribution in [3.8, 4) is 0 Å². The van der Waals surface area contributed by atoms with Crippen LogP contribution < -0.4 is 5.32 Å². The van der Waals surface area contributed by atoms with E-state index < -0.39 is 9.84 Å². The molecule has 0 aliphatic heterocycles. The maximum absolute atomic E-state index is 11.3. The lowest BCUT2D eigenvalue weighted by molar-refractivity contribution is 0.437. The van der Waals surface area contributed by atoms with Gasteiger partial charge in [-0.05, 0) is 62.3 Å². The molecule has 1 N–H and O–H groups in total. The Labute approximate surface area is 136 Å². The van der Waals surface area contributed by atoms with Gasteiger partial charge in [0.15, 0.2) is 0 Å². The molecule has 2 rings (SSSR count). The average molecular weight is 374 g/mol. The van der Waals surface area contributed by atoms with Crippen LogP contribution in [0.3, 0.4) is 0 Å². The molecule has 0 heterocycles. The Bertz CT molecular complexity index is 538. The Morgan fingerprint density at radius 2 is 1.95 bits per heavy atom. The van der Waals surface area contributed by atoms with E-state index in [1.165, 1.54) is 24.7 Å². The van der Waals surface area contributed by atoms with Crippen molar-refractivity contribution in [2.75, 3.05) is 18.6 Å². The Morgan fingerprint density at radius 3 is 2.52 bits per heavy atom. The summed E-state index contributed by atoms with van der Waals surface area (Å²) < 4.78 is 23.6. The molecular weight excluding hydrogens is 350 g/mol. The summed E-state index contributed by atoms with van der Waals surface area (Å²) in [5.74, 6) is 0.807. The number of benzene rings is 1. The van der Waals surface area contributed by atoms with Crippen LogP contribution in [0.25, 0.3) is 0 Å². The summed E-state index contributed by atoms with van der Waals surface area (Å²) in [5.41, 5.74) is 1.32. The first kappa shape index (κ1) is 17.0. The fraction of sp³-hybridized carbons (Fsp3) is 0.625. The summed E-state index contributed by atoms with van der Waals surface area (Å²) in [6, 6.07) is 9.12. The normalized spacial score (nSPS) is 16.9. The molecule has 0 saturated heterocycles. The zero-order chi connectivity index (χ0) is 15.3. The molecule has 0 amide bonds. The van der Waals surface area contributed by atoms with Crippen molar-refractivity contribution in [1.82, 2.24) is 5.32 Å². The molecule has 1 fully saturated rings. The molecule has 0 aromatic heterocycles. The minimum Gasteiger partial charge on any atom is -0.314 e. The van der Waals surface area contributed by atoms with Crippen LogP contribution in [0.2, 0.25) is 0 Å². The molecular formula is C16H24BrNO2S. The number of rotatable bonds is 9. The SMILES string of the molecule is CS(=O)(=O)CCCC(CNC1CC1)Cc1ccc(Br)cc1. The minimum absolute atomic E-state index is 0.299. The van der Waals surface area contributed by atoms with E-state index in [9.17, 15) is 8.42 Å². The second kappa shape index (κ2) is 7.75. The van der Waals surface area contributed by atoms with E-state index in [-0.39, 0.29) is 0 Å². The topological polar surface area (TPSA) is 46.2 Å². The monoisotopic (exact) mass is 373 g/mol. The summed E-state index contributed by atoms with van der Waals surface area (Å²) in [6.45, 7) is 0.991. The second-order valence-electron chi connectivity index (χ2n) is 6.15. The summed E-state index contributed by atoms with van der Waals surface area (Å²) in [4.78, 5) is 0. The zero-order valence-electron chi connectivity index (χ0n) is 12.5. The molecule has 0 bridgehead atoms. The maximum Gasteiger partial charge on any atom is 0.147 e. The van der Waals surface area contributed by atoms with E-state index in [2.05, 4.69) is 45.5 Å². The van der Waals surface area contributed by atoms with Gasteiger partial charge in [0.05, 0.1) is 0 Å². The van der Waals surface area contributed by atoms with Gasteiger partial charge in [-0.1, -0.05) is 28.1 Å². The van der Waals surface area contributed by atoms with Crippen molar-refractivity contribution in [2.45, 2.75) is 38.1 Å². The van der Waals surface area contributed by atoms with Gasteiger partial charge in [0.1, 0.15) is 9.84 Å². The van der Waals surface area contributed by atoms with Crippen molar-refractivity contribution in [3.05, 3.63) is 34.3 Å². The van der Waals surface area contributed by atoms with Crippen LogP contribution in [0, 0.1) is 5.92 Å². The average Bonchev–Trinajstić information content (AvgIpc) is 3.21. The molecule has 118 valence electrons. The van der Waals surface area contributed by atoms with Crippen LogP contribution >= 0.6 is 15.9 Å². The molecule has 1 saturated carbocycles. The molecule has 1 aromatic rings. The molecule has 5 heteroatoms. The van der Waals surface area contributed by atoms with Gasteiger partial charge in [0.25, 0.3) is 0 Å². The van der Waals surface area contributed by atoms with Gasteiger partial charge >= 0.3 is 0 Å². The van der Waals surface area contributed by atoms with E-state index in [1.54, 1.807) is 0 Å². The summed E-state index contributed by atoms with van der Waals surface area (Å²) >= 11 is 3.45. The van der Waals surface area contributed by atoms with Crippen LogP contribution in [-0.2, 0) is 16.3 Å². The fourth-order valence-electron chi connectivity index (χ4n) is 2.49. The molecule has 0 radical (unpaired) electrons. The quantitative estimate of drug-likeness (QED) is 0.722. The van der Waals surface area contributed by atoms with Gasteiger partial charge in [-0.3, -0.25) is 0 Å². The molecule has 1 atom stereocenters. The first-order valence-corrected chi connectivity index (χ1v) is 10.4. The number of sulfone groups is 1. The van der Waals surface area contributed by atoms with Gasteiger partial charge in [-0.15, -0.1) is 0 Å². The van der Waals surface area contributed by atoms with Crippen molar-refractivity contribution in [1.29, 1.82) is 0 Å². The molecule has 1 aliphatic rings. The first-order valence-electron chi connectivity index (χ1n) is 7.58. The molecule has 3 nitrogen and oxygen atoms in total. The lowest BCUT2D eigenvalue weighted by Crippen LogP contribution is -2.26. The van der Waals surface area contributed by atoms with E-state index >= 15 is 0 Å². The van der Waals surface area contributed by atoms with Crippen LogP contribution in [0.5, 0.6) is 0 Å². The Balaban J connectivity index is 1.85. The predicted octanol–water partition coefficient (Wildman–Crippen LogP) is 3.18. The molecule has 1 aromatic carbocycles. The van der Waals surface area contributed by atoms with Gasteiger partial charge in [-0.2, -0.15) is 0 Å². The fourth-order valence-corrected chi connectivity index (χ4v) is 3.44. The summed E-state index contributed by atoms with van der Waals surface area (Å²) in [5, 5.41) is 3.58. The number of nitrogens with one attached hydrogen (secondary N) is 1. The van der Waals surface area contributed by atoms with E-state index in [0.717, 1.165) is 30.3 Å². The molecule has 21 heavy (non-hydrogen) atoms.